The van der Waals surface area contributed by atoms with Gasteiger partial charge in [0.05, 0.1) is 43.3 Å². The highest BCUT2D eigenvalue weighted by molar-refractivity contribution is 6.28. The Labute approximate surface area is 227 Å². The van der Waals surface area contributed by atoms with Gasteiger partial charge in [0, 0.05) is 22.6 Å². The van der Waals surface area contributed by atoms with E-state index in [1.807, 2.05) is 0 Å². The number of alkyl halides is 1. The first-order valence-electron chi connectivity index (χ1n) is 12.9. The molecule has 0 aromatic heterocycles. The molecule has 218 valence electrons. The van der Waals surface area contributed by atoms with Crippen LogP contribution < -0.4 is 4.74 Å². The molecule has 1 heterocycles. The molecule has 11 unspecified atom stereocenters. The van der Waals surface area contributed by atoms with E-state index in [1.165, 1.54) is 32.2 Å². The van der Waals surface area contributed by atoms with Crippen molar-refractivity contribution in [2.45, 2.75) is 74.5 Å². The number of ketones is 3. The van der Waals surface area contributed by atoms with Crippen LogP contribution in [0.4, 0.5) is 4.39 Å². The molecule has 11 atom stereocenters. The summed E-state index contributed by atoms with van der Waals surface area (Å²) >= 11 is 0. The molecule has 0 bridgehead atoms. The van der Waals surface area contributed by atoms with Crippen LogP contribution in [-0.2, 0) is 9.53 Å². The molecule has 12 nitrogen and oxygen atoms in total. The summed E-state index contributed by atoms with van der Waals surface area (Å²) in [7, 11) is 1.30. The molecule has 1 saturated heterocycles. The smallest absolute Gasteiger partial charge is 0.300 e. The van der Waals surface area contributed by atoms with Gasteiger partial charge in [0.1, 0.15) is 30.2 Å². The van der Waals surface area contributed by atoms with Gasteiger partial charge in [-0.3, -0.25) is 14.4 Å². The zero-order chi connectivity index (χ0) is 29.3. The van der Waals surface area contributed by atoms with E-state index < -0.39 is 103 Å². The molecule has 5 rings (SSSR count). The first-order chi connectivity index (χ1) is 18.9. The van der Waals surface area contributed by atoms with Crippen molar-refractivity contribution in [3.8, 4) is 5.75 Å². The van der Waals surface area contributed by atoms with Crippen molar-refractivity contribution in [2.24, 2.45) is 11.8 Å². The van der Waals surface area contributed by atoms with Crippen molar-refractivity contribution in [2.75, 3.05) is 13.7 Å². The summed E-state index contributed by atoms with van der Waals surface area (Å²) in [5, 5.41) is 63.9. The molecule has 2 fully saturated rings. The number of hydrogen-bond acceptors (Lipinski definition) is 11. The summed E-state index contributed by atoms with van der Waals surface area (Å²) in [6.07, 6.45) is -14.3. The van der Waals surface area contributed by atoms with Gasteiger partial charge in [0.2, 0.25) is 6.17 Å². The maximum absolute atomic E-state index is 15.0. The number of aliphatic hydroxyl groups is 8. The number of aliphatic hydroxyl groups excluding tert-OH is 5. The Morgan fingerprint density at radius 2 is 1.77 bits per heavy atom. The first kappa shape index (κ1) is 28.9. The van der Waals surface area contributed by atoms with E-state index in [9.17, 15) is 45.0 Å². The van der Waals surface area contributed by atoms with Crippen molar-refractivity contribution in [1.29, 1.82) is 0 Å². The van der Waals surface area contributed by atoms with E-state index in [1.54, 1.807) is 0 Å². The number of hydrogen-bond donors (Lipinski definition) is 6. The maximum atomic E-state index is 15.0. The van der Waals surface area contributed by atoms with Gasteiger partial charge < -0.3 is 44.8 Å². The average Bonchev–Trinajstić information content (AvgIpc) is 2.94. The Kier molecular flexibility index (Phi) is 7.46. The summed E-state index contributed by atoms with van der Waals surface area (Å²) in [6, 6.07) is 4.33. The second kappa shape index (κ2) is 10.3. The molecule has 7 N–H and O–H groups in total. The second-order valence-electron chi connectivity index (χ2n) is 10.9. The van der Waals surface area contributed by atoms with Gasteiger partial charge in [-0.2, -0.15) is 0 Å². The van der Waals surface area contributed by atoms with Crippen LogP contribution in [0.25, 0.3) is 0 Å². The molecule has 1 aliphatic heterocycles. The highest BCUT2D eigenvalue weighted by Crippen LogP contribution is 2.51. The molecule has 1 aromatic rings. The average molecular weight is 568 g/mol. The van der Waals surface area contributed by atoms with Crippen molar-refractivity contribution in [3.05, 3.63) is 40.5 Å². The lowest BCUT2D eigenvalue weighted by atomic mass is 9.57. The van der Waals surface area contributed by atoms with Crippen LogP contribution in [0.3, 0.4) is 0 Å². The zero-order valence-electron chi connectivity index (χ0n) is 21.7. The SMILES string of the molecule is COc1cccc2c1C(=O)C1=C(C2=O)C(O)C2CC(O)(C(=O)CO)CC([OH+]C3OC(C)C(O)C(O)C3F)C2C1O. The number of benzene rings is 1. The number of Topliss-reactive ketones (excluding diaryl/α,β-unsaturated/α-hetero) is 3. The zero-order valence-corrected chi connectivity index (χ0v) is 21.7. The molecule has 0 amide bonds. The summed E-state index contributed by atoms with van der Waals surface area (Å²) < 4.78 is 30.0. The number of carbonyl (C=O) groups excluding carboxylic acids is 3. The molecular formula is C27H32FO12+. The normalized spacial score (nSPS) is 41.2. The predicted octanol–water partition coefficient (Wildman–Crippen LogP) is -1.87. The highest BCUT2D eigenvalue weighted by atomic mass is 19.1. The highest BCUT2D eigenvalue weighted by Gasteiger charge is 2.62. The van der Waals surface area contributed by atoms with E-state index in [2.05, 4.69) is 4.74 Å². The third kappa shape index (κ3) is 4.23. The molecule has 4 aliphatic rings. The standard InChI is InChI=1S/C27H31FO12/c1-9-20(31)25(36)19(28)26(39-9)40-13-7-27(37,14(30)8-29)6-11-16(13)24(35)18-17(22(11)33)21(32)10-4-3-5-12(38-2)15(10)23(18)34/h3-5,9,11,13,16,19-20,22,24-26,29,31,33,35-37H,6-8H2,1-2H3/p+1. The van der Waals surface area contributed by atoms with Crippen LogP contribution in [0.15, 0.2) is 29.3 Å². The van der Waals surface area contributed by atoms with Crippen molar-refractivity contribution >= 4 is 17.3 Å². The lowest BCUT2D eigenvalue weighted by Crippen LogP contribution is -2.64. The van der Waals surface area contributed by atoms with E-state index >= 15 is 4.39 Å². The molecule has 0 spiro atoms. The van der Waals surface area contributed by atoms with E-state index in [0.29, 0.717) is 0 Å². The van der Waals surface area contributed by atoms with E-state index in [-0.39, 0.29) is 28.0 Å². The number of halogens is 1. The maximum Gasteiger partial charge on any atom is 0.300 e. The van der Waals surface area contributed by atoms with Gasteiger partial charge in [-0.1, -0.05) is 12.1 Å². The number of fused-ring (bicyclic) bond motifs is 2. The number of methoxy groups -OCH3 is 1. The third-order valence-corrected chi connectivity index (χ3v) is 8.70. The number of ether oxygens (including phenoxy) is 3. The Bertz CT molecular complexity index is 1260. The summed E-state index contributed by atoms with van der Waals surface area (Å²) in [5.41, 5.74) is -3.21. The molecule has 3 aliphatic carbocycles. The van der Waals surface area contributed by atoms with Crippen molar-refractivity contribution < 1.29 is 63.6 Å². The van der Waals surface area contributed by atoms with Gasteiger partial charge in [-0.25, -0.2) is 4.39 Å². The van der Waals surface area contributed by atoms with Gasteiger partial charge in [0.15, 0.2) is 23.5 Å². The van der Waals surface area contributed by atoms with Gasteiger partial charge in [-0.05, 0) is 19.4 Å². The van der Waals surface area contributed by atoms with E-state index in [0.717, 1.165) is 0 Å². The van der Waals surface area contributed by atoms with Crippen LogP contribution in [0.2, 0.25) is 0 Å². The summed E-state index contributed by atoms with van der Waals surface area (Å²) in [6.45, 7) is 0.316. The fourth-order valence-electron chi connectivity index (χ4n) is 6.63. The lowest BCUT2D eigenvalue weighted by Gasteiger charge is -2.50. The minimum atomic E-state index is -2.28. The van der Waals surface area contributed by atoms with E-state index in [4.69, 9.17) is 9.47 Å². The number of rotatable bonds is 5. The minimum Gasteiger partial charge on any atom is -0.496 e. The fraction of sp³-hybridized carbons (Fsp3) is 0.593. The largest absolute Gasteiger partial charge is 0.496 e. The van der Waals surface area contributed by atoms with Crippen LogP contribution in [0.1, 0.15) is 40.5 Å². The molecule has 13 heteroatoms. The second-order valence-corrected chi connectivity index (χ2v) is 10.9. The molecule has 1 saturated carbocycles. The predicted molar refractivity (Wildman–Crippen MR) is 131 cm³/mol. The molecule has 0 radical (unpaired) electrons. The third-order valence-electron chi connectivity index (χ3n) is 8.70. The topological polar surface area (TPSA) is 204 Å². The van der Waals surface area contributed by atoms with Gasteiger partial charge in [-0.15, -0.1) is 0 Å². The van der Waals surface area contributed by atoms with Crippen LogP contribution in [-0.4, -0.2) is 121 Å². The van der Waals surface area contributed by atoms with Crippen LogP contribution in [0.5, 0.6) is 5.75 Å². The fourth-order valence-corrected chi connectivity index (χ4v) is 6.63. The van der Waals surface area contributed by atoms with Crippen LogP contribution in [0, 0.1) is 11.8 Å². The van der Waals surface area contributed by atoms with Crippen molar-refractivity contribution in [3.63, 3.8) is 0 Å². The minimum absolute atomic E-state index is 0.0519. The number of carbonyl (C=O) groups is 3. The Hall–Kier alpha value is -2.62. The molecule has 1 aromatic carbocycles. The van der Waals surface area contributed by atoms with Crippen LogP contribution >= 0.6 is 0 Å². The quantitative estimate of drug-likeness (QED) is 0.217. The Balaban J connectivity index is 1.59. The summed E-state index contributed by atoms with van der Waals surface area (Å²) in [5.74, 6) is -4.87. The van der Waals surface area contributed by atoms with Gasteiger partial charge >= 0.3 is 0 Å². The lowest BCUT2D eigenvalue weighted by molar-refractivity contribution is -0.369. The molecule has 40 heavy (non-hydrogen) atoms. The Morgan fingerprint density at radius 3 is 2.42 bits per heavy atom. The monoisotopic (exact) mass is 567 g/mol. The first-order valence-corrected chi connectivity index (χ1v) is 12.9. The van der Waals surface area contributed by atoms with Gasteiger partial charge in [0.25, 0.3) is 6.29 Å². The Morgan fingerprint density at radius 1 is 1.10 bits per heavy atom. The van der Waals surface area contributed by atoms with Crippen molar-refractivity contribution in [1.82, 2.24) is 0 Å². The summed E-state index contributed by atoms with van der Waals surface area (Å²) in [4.78, 5) is 39.8. The molecular weight excluding hydrogens is 535 g/mol.